The van der Waals surface area contributed by atoms with Crippen LogP contribution >= 0.6 is 0 Å². The summed E-state index contributed by atoms with van der Waals surface area (Å²) in [5, 5.41) is 2.56. The van der Waals surface area contributed by atoms with Gasteiger partial charge < -0.3 is 5.32 Å². The van der Waals surface area contributed by atoms with E-state index in [1.165, 1.54) is 11.1 Å². The molecule has 0 fully saturated rings. The molecule has 0 saturated heterocycles. The van der Waals surface area contributed by atoms with E-state index in [4.69, 9.17) is 0 Å². The molecule has 0 bridgehead atoms. The van der Waals surface area contributed by atoms with Gasteiger partial charge in [0.15, 0.2) is 5.69 Å². The predicted molar refractivity (Wildman–Crippen MR) is 141 cm³/mol. The summed E-state index contributed by atoms with van der Waals surface area (Å²) in [7, 11) is 0. The Hall–Kier alpha value is -4.60. The Morgan fingerprint density at radius 3 is 2.38 bits per heavy atom. The van der Waals surface area contributed by atoms with Gasteiger partial charge in [-0.05, 0) is 80.8 Å². The molecule has 4 heterocycles. The van der Waals surface area contributed by atoms with E-state index in [9.17, 15) is 22.8 Å². The Balaban J connectivity index is 1.64. The normalized spacial score (nSPS) is 14.3. The second kappa shape index (κ2) is 9.30. The van der Waals surface area contributed by atoms with Crippen LogP contribution in [0.3, 0.4) is 0 Å². The molecular formula is C29H24F3N5O2. The number of aryl methyl sites for hydroxylation is 2. The number of aromatic nitrogens is 3. The highest BCUT2D eigenvalue weighted by Gasteiger charge is 2.48. The molecule has 0 saturated carbocycles. The molecule has 1 N–H and O–H groups in total. The number of nitrogens with zero attached hydrogens (tertiary/aromatic N) is 4. The minimum absolute atomic E-state index is 0.246. The SMILES string of the molecule is Cc1ccc(NC(=O)c2cc(-c3ccnc4c3C(C)(C)C(=O)N4c3ccccn3)cnc2C(F)(F)F)cc1C. The van der Waals surface area contributed by atoms with E-state index in [0.717, 1.165) is 23.4 Å². The maximum Gasteiger partial charge on any atom is 0.434 e. The summed E-state index contributed by atoms with van der Waals surface area (Å²) in [5.74, 6) is -0.542. The van der Waals surface area contributed by atoms with E-state index in [1.807, 2.05) is 13.8 Å². The Bertz CT molecular complexity index is 1620. The van der Waals surface area contributed by atoms with Gasteiger partial charge in [-0.1, -0.05) is 12.1 Å². The van der Waals surface area contributed by atoms with Crippen LogP contribution in [0.1, 0.15) is 46.6 Å². The van der Waals surface area contributed by atoms with E-state index in [1.54, 1.807) is 62.5 Å². The van der Waals surface area contributed by atoms with Gasteiger partial charge in [-0.15, -0.1) is 0 Å². The summed E-state index contributed by atoms with van der Waals surface area (Å²) >= 11 is 0. The first-order chi connectivity index (χ1) is 18.4. The molecule has 0 aliphatic carbocycles. The summed E-state index contributed by atoms with van der Waals surface area (Å²) in [6, 6.07) is 13.0. The number of anilines is 3. The fourth-order valence-electron chi connectivity index (χ4n) is 4.69. The zero-order valence-electron chi connectivity index (χ0n) is 21.6. The van der Waals surface area contributed by atoms with Crippen molar-refractivity contribution >= 4 is 29.1 Å². The zero-order valence-corrected chi connectivity index (χ0v) is 21.6. The molecule has 198 valence electrons. The molecular weight excluding hydrogens is 507 g/mol. The molecule has 39 heavy (non-hydrogen) atoms. The number of hydrogen-bond acceptors (Lipinski definition) is 5. The molecule has 1 aromatic carbocycles. The van der Waals surface area contributed by atoms with Gasteiger partial charge in [0.25, 0.3) is 5.91 Å². The Morgan fingerprint density at radius 1 is 0.949 bits per heavy atom. The molecule has 1 aliphatic rings. The van der Waals surface area contributed by atoms with Crippen molar-refractivity contribution in [3.05, 3.63) is 95.1 Å². The second-order valence-electron chi connectivity index (χ2n) is 9.88. The van der Waals surface area contributed by atoms with E-state index in [2.05, 4.69) is 20.3 Å². The molecule has 7 nitrogen and oxygen atoms in total. The third kappa shape index (κ3) is 4.52. The van der Waals surface area contributed by atoms with E-state index >= 15 is 0 Å². The van der Waals surface area contributed by atoms with Crippen molar-refractivity contribution < 1.29 is 22.8 Å². The van der Waals surface area contributed by atoms with E-state index in [0.29, 0.717) is 28.5 Å². The summed E-state index contributed by atoms with van der Waals surface area (Å²) < 4.78 is 41.8. The quantitative estimate of drug-likeness (QED) is 0.330. The van der Waals surface area contributed by atoms with Crippen molar-refractivity contribution in [2.45, 2.75) is 39.3 Å². The highest BCUT2D eigenvalue weighted by molar-refractivity contribution is 6.13. The third-order valence-electron chi connectivity index (χ3n) is 6.86. The predicted octanol–water partition coefficient (Wildman–Crippen LogP) is 6.38. The zero-order chi connectivity index (χ0) is 28.1. The minimum atomic E-state index is -4.86. The van der Waals surface area contributed by atoms with Crippen LogP contribution in [0.5, 0.6) is 0 Å². The number of carbonyl (C=O) groups is 2. The van der Waals surface area contributed by atoms with Crippen LogP contribution in [-0.4, -0.2) is 26.8 Å². The van der Waals surface area contributed by atoms with Crippen LogP contribution in [0, 0.1) is 13.8 Å². The van der Waals surface area contributed by atoms with Gasteiger partial charge in [0.05, 0.1) is 11.0 Å². The lowest BCUT2D eigenvalue weighted by atomic mass is 9.82. The molecule has 3 aromatic heterocycles. The van der Waals surface area contributed by atoms with Gasteiger partial charge in [0, 0.05) is 35.4 Å². The van der Waals surface area contributed by atoms with Gasteiger partial charge >= 0.3 is 6.18 Å². The molecule has 10 heteroatoms. The lowest BCUT2D eigenvalue weighted by Crippen LogP contribution is -2.33. The number of rotatable bonds is 4. The number of amides is 2. The standard InChI is InChI=1S/C29H24F3N5O2/c1-16-8-9-19(13-17(16)2)36-26(38)21-14-18(15-35-24(21)29(30,31)32)20-10-12-34-25-23(20)28(3,4)27(39)37(25)22-7-5-6-11-33-22/h5-15H,1-4H3,(H,36,38). The Kier molecular flexibility index (Phi) is 6.21. The topological polar surface area (TPSA) is 88.1 Å². The van der Waals surface area contributed by atoms with Crippen LogP contribution in [0.25, 0.3) is 11.1 Å². The van der Waals surface area contributed by atoms with Crippen molar-refractivity contribution in [1.82, 2.24) is 15.0 Å². The maximum atomic E-state index is 13.9. The molecule has 2 amide bonds. The number of pyridine rings is 3. The Labute approximate surface area is 222 Å². The number of fused-ring (bicyclic) bond motifs is 1. The molecule has 4 aromatic rings. The number of alkyl halides is 3. The molecule has 0 spiro atoms. The largest absolute Gasteiger partial charge is 0.434 e. The number of carbonyl (C=O) groups excluding carboxylic acids is 2. The second-order valence-corrected chi connectivity index (χ2v) is 9.88. The highest BCUT2D eigenvalue weighted by atomic mass is 19.4. The van der Waals surface area contributed by atoms with E-state index in [-0.39, 0.29) is 11.5 Å². The first kappa shape index (κ1) is 26.0. The highest BCUT2D eigenvalue weighted by Crippen LogP contribution is 2.48. The van der Waals surface area contributed by atoms with Crippen molar-refractivity contribution in [1.29, 1.82) is 0 Å². The van der Waals surface area contributed by atoms with Crippen LogP contribution in [-0.2, 0) is 16.4 Å². The first-order valence-electron chi connectivity index (χ1n) is 12.1. The third-order valence-corrected chi connectivity index (χ3v) is 6.86. The van der Waals surface area contributed by atoms with Crippen LogP contribution in [0.2, 0.25) is 0 Å². The number of hydrogen-bond donors (Lipinski definition) is 1. The first-order valence-corrected chi connectivity index (χ1v) is 12.1. The molecule has 1 aliphatic heterocycles. The molecule has 0 atom stereocenters. The van der Waals surface area contributed by atoms with Crippen molar-refractivity contribution in [3.8, 4) is 11.1 Å². The van der Waals surface area contributed by atoms with Crippen molar-refractivity contribution in [3.63, 3.8) is 0 Å². The van der Waals surface area contributed by atoms with Gasteiger partial charge in [-0.25, -0.2) is 14.9 Å². The van der Waals surface area contributed by atoms with Crippen LogP contribution < -0.4 is 10.2 Å². The smallest absolute Gasteiger partial charge is 0.322 e. The molecule has 0 radical (unpaired) electrons. The lowest BCUT2D eigenvalue weighted by molar-refractivity contribution is -0.141. The van der Waals surface area contributed by atoms with Gasteiger partial charge in [-0.3, -0.25) is 14.6 Å². The monoisotopic (exact) mass is 531 g/mol. The number of nitrogens with one attached hydrogen (secondary N) is 1. The molecule has 5 rings (SSSR count). The van der Waals surface area contributed by atoms with Crippen molar-refractivity contribution in [2.75, 3.05) is 10.2 Å². The summed E-state index contributed by atoms with van der Waals surface area (Å²) in [4.78, 5) is 40.4. The van der Waals surface area contributed by atoms with Crippen LogP contribution in [0.4, 0.5) is 30.5 Å². The fraction of sp³-hybridized carbons (Fsp3) is 0.207. The lowest BCUT2D eigenvalue weighted by Gasteiger charge is -2.20. The fourth-order valence-corrected chi connectivity index (χ4v) is 4.69. The van der Waals surface area contributed by atoms with Gasteiger partial charge in [-0.2, -0.15) is 13.2 Å². The number of benzene rings is 1. The average Bonchev–Trinajstić information content (AvgIpc) is 3.11. The summed E-state index contributed by atoms with van der Waals surface area (Å²) in [5.41, 5.74) is 0.404. The minimum Gasteiger partial charge on any atom is -0.322 e. The number of halogens is 3. The van der Waals surface area contributed by atoms with E-state index < -0.39 is 28.8 Å². The Morgan fingerprint density at radius 2 is 1.72 bits per heavy atom. The summed E-state index contributed by atoms with van der Waals surface area (Å²) in [6.45, 7) is 7.17. The average molecular weight is 532 g/mol. The van der Waals surface area contributed by atoms with Crippen LogP contribution in [0.15, 0.2) is 67.1 Å². The summed E-state index contributed by atoms with van der Waals surface area (Å²) in [6.07, 6.45) is -0.780. The van der Waals surface area contributed by atoms with Gasteiger partial charge in [0.1, 0.15) is 11.6 Å². The maximum absolute atomic E-state index is 13.9. The van der Waals surface area contributed by atoms with Crippen molar-refractivity contribution in [2.24, 2.45) is 0 Å². The van der Waals surface area contributed by atoms with Gasteiger partial charge in [0.2, 0.25) is 5.91 Å². The molecule has 0 unspecified atom stereocenters.